The Balaban J connectivity index is 1.08. The molecule has 0 bridgehead atoms. The molecule has 1 spiro atoms. The van der Waals surface area contributed by atoms with Crippen molar-refractivity contribution >= 4 is 70.5 Å². The van der Waals surface area contributed by atoms with E-state index in [1.165, 1.54) is 86.9 Å². The lowest BCUT2D eigenvalue weighted by atomic mass is 9.66. The van der Waals surface area contributed by atoms with E-state index in [-0.39, 0.29) is 0 Å². The number of fused-ring (bicyclic) bond motifs is 19. The molecular formula is C61H37NOS. The second-order valence-electron chi connectivity index (χ2n) is 17.1. The van der Waals surface area contributed by atoms with Crippen LogP contribution in [0, 0.1) is 0 Å². The molecule has 2 aromatic heterocycles. The number of thiophene rings is 1. The van der Waals surface area contributed by atoms with Gasteiger partial charge in [-0.15, -0.1) is 11.3 Å². The Bertz CT molecular complexity index is 3860. The summed E-state index contributed by atoms with van der Waals surface area (Å²) in [5, 5.41) is 4.88. The van der Waals surface area contributed by atoms with E-state index in [0.717, 1.165) is 39.0 Å². The van der Waals surface area contributed by atoms with Crippen LogP contribution < -0.4 is 4.90 Å². The molecule has 2 heterocycles. The van der Waals surface area contributed by atoms with Crippen LogP contribution in [0.2, 0.25) is 0 Å². The minimum Gasteiger partial charge on any atom is -0.454 e. The maximum absolute atomic E-state index is 6.80. The molecule has 2 nitrogen and oxygen atoms in total. The number of para-hydroxylation sites is 2. The second-order valence-corrected chi connectivity index (χ2v) is 18.2. The van der Waals surface area contributed by atoms with Crippen molar-refractivity contribution in [2.75, 3.05) is 4.90 Å². The molecule has 10 aromatic carbocycles. The molecule has 3 heteroatoms. The molecule has 1 unspecified atom stereocenters. The van der Waals surface area contributed by atoms with Crippen LogP contribution in [0.4, 0.5) is 17.1 Å². The number of nitrogens with zero attached hydrogens (tertiary/aromatic N) is 1. The molecule has 1 atom stereocenters. The summed E-state index contributed by atoms with van der Waals surface area (Å²) in [5.41, 5.74) is 19.4. The van der Waals surface area contributed by atoms with Gasteiger partial charge in [-0.2, -0.15) is 0 Å². The molecule has 0 radical (unpaired) electrons. The van der Waals surface area contributed by atoms with Crippen LogP contribution in [0.25, 0.3) is 86.6 Å². The summed E-state index contributed by atoms with van der Waals surface area (Å²) in [6, 6.07) is 82.9. The van der Waals surface area contributed by atoms with E-state index in [1.54, 1.807) is 0 Å². The van der Waals surface area contributed by atoms with Gasteiger partial charge in [0, 0.05) is 42.3 Å². The van der Waals surface area contributed by atoms with Gasteiger partial charge in [0.25, 0.3) is 0 Å². The lowest BCUT2D eigenvalue weighted by molar-refractivity contribution is 0.669. The Kier molecular flexibility index (Phi) is 7.51. The quantitative estimate of drug-likeness (QED) is 0.176. The van der Waals surface area contributed by atoms with Gasteiger partial charge < -0.3 is 9.32 Å². The van der Waals surface area contributed by atoms with Gasteiger partial charge in [0.05, 0.1) is 11.1 Å². The second kappa shape index (κ2) is 13.5. The predicted octanol–water partition coefficient (Wildman–Crippen LogP) is 17.1. The zero-order valence-electron chi connectivity index (χ0n) is 34.6. The van der Waals surface area contributed by atoms with Crippen molar-refractivity contribution in [1.82, 2.24) is 0 Å². The van der Waals surface area contributed by atoms with Crippen molar-refractivity contribution in [1.29, 1.82) is 0 Å². The van der Waals surface area contributed by atoms with Crippen molar-refractivity contribution in [3.8, 4) is 44.5 Å². The SMILES string of the molecule is c1ccc(-c2ccc(N(c3ccc4c(c3)-c3ccccc3-c3ccccc3C43c4ccccc4-c4c3ccc3sc5ccccc5c43)c3cccc4c3oc3ccccc34)cc2)cc1. The maximum atomic E-state index is 6.80. The average Bonchev–Trinajstić information content (AvgIpc) is 4.01. The molecule has 0 saturated carbocycles. The van der Waals surface area contributed by atoms with E-state index in [9.17, 15) is 0 Å². The fourth-order valence-electron chi connectivity index (χ4n) is 11.3. The van der Waals surface area contributed by atoms with Crippen LogP contribution in [0.5, 0.6) is 0 Å². The van der Waals surface area contributed by atoms with E-state index in [4.69, 9.17) is 4.42 Å². The van der Waals surface area contributed by atoms with Gasteiger partial charge >= 0.3 is 0 Å². The van der Waals surface area contributed by atoms with Crippen LogP contribution in [0.1, 0.15) is 22.3 Å². The highest BCUT2D eigenvalue weighted by atomic mass is 32.1. The first-order valence-corrected chi connectivity index (χ1v) is 22.8. The summed E-state index contributed by atoms with van der Waals surface area (Å²) in [6.07, 6.45) is 0. The lowest BCUT2D eigenvalue weighted by Gasteiger charge is -2.36. The fourth-order valence-corrected chi connectivity index (χ4v) is 12.4. The van der Waals surface area contributed by atoms with Crippen molar-refractivity contribution in [3.05, 3.63) is 247 Å². The third-order valence-corrected chi connectivity index (χ3v) is 15.0. The van der Waals surface area contributed by atoms with E-state index in [0.29, 0.717) is 0 Å². The van der Waals surface area contributed by atoms with E-state index in [2.05, 4.69) is 223 Å². The molecule has 0 aliphatic heterocycles. The monoisotopic (exact) mass is 831 g/mol. The molecule has 14 rings (SSSR count). The van der Waals surface area contributed by atoms with Crippen molar-refractivity contribution in [2.45, 2.75) is 5.41 Å². The minimum absolute atomic E-state index is 0.604. The molecule has 12 aromatic rings. The Labute approximate surface area is 374 Å². The van der Waals surface area contributed by atoms with Gasteiger partial charge in [-0.05, 0) is 115 Å². The topological polar surface area (TPSA) is 16.4 Å². The van der Waals surface area contributed by atoms with E-state index >= 15 is 0 Å². The van der Waals surface area contributed by atoms with Gasteiger partial charge in [0.2, 0.25) is 0 Å². The van der Waals surface area contributed by atoms with Crippen molar-refractivity contribution in [3.63, 3.8) is 0 Å². The Morgan fingerprint density at radius 1 is 0.375 bits per heavy atom. The molecular weight excluding hydrogens is 795 g/mol. The predicted molar refractivity (Wildman–Crippen MR) is 268 cm³/mol. The van der Waals surface area contributed by atoms with Crippen LogP contribution in [-0.2, 0) is 5.41 Å². The average molecular weight is 832 g/mol. The summed E-state index contributed by atoms with van der Waals surface area (Å²) in [5.74, 6) is 0. The summed E-state index contributed by atoms with van der Waals surface area (Å²) in [4.78, 5) is 2.39. The zero-order chi connectivity index (χ0) is 41.9. The van der Waals surface area contributed by atoms with Gasteiger partial charge in [0.15, 0.2) is 5.58 Å². The maximum Gasteiger partial charge on any atom is 0.159 e. The molecule has 2 aliphatic carbocycles. The summed E-state index contributed by atoms with van der Waals surface area (Å²) < 4.78 is 9.44. The molecule has 0 fully saturated rings. The molecule has 0 amide bonds. The normalized spacial score (nSPS) is 14.6. The number of anilines is 3. The molecule has 0 saturated heterocycles. The lowest BCUT2D eigenvalue weighted by Crippen LogP contribution is -2.29. The van der Waals surface area contributed by atoms with Crippen molar-refractivity contribution < 1.29 is 4.42 Å². The Morgan fingerprint density at radius 2 is 0.969 bits per heavy atom. The van der Waals surface area contributed by atoms with Gasteiger partial charge in [0.1, 0.15) is 5.58 Å². The largest absolute Gasteiger partial charge is 0.454 e. The Hall–Kier alpha value is -7.98. The van der Waals surface area contributed by atoms with E-state index in [1.807, 2.05) is 17.4 Å². The Morgan fingerprint density at radius 3 is 1.80 bits per heavy atom. The summed E-state index contributed by atoms with van der Waals surface area (Å²) in [7, 11) is 0. The number of rotatable bonds is 4. The van der Waals surface area contributed by atoms with Gasteiger partial charge in [-0.1, -0.05) is 176 Å². The number of furan rings is 1. The third kappa shape index (κ3) is 4.85. The molecule has 64 heavy (non-hydrogen) atoms. The standard InChI is InChI=1S/C61H37NOS/c1-2-15-38(16-3-1)39-29-31-40(32-30-39)62(54-26-14-23-46-45-20-8-12-27-55(45)63-60(46)54)41-33-34-52-49(37-41)43-18-5-4-17-42(43)44-19-6-10-24-50(44)61(52)51-25-11-7-21-47(51)58-53(61)35-36-57-59(58)48-22-9-13-28-56(48)64-57/h1-37H. The molecule has 298 valence electrons. The van der Waals surface area contributed by atoms with E-state index < -0.39 is 5.41 Å². The zero-order valence-corrected chi connectivity index (χ0v) is 35.4. The first kappa shape index (κ1) is 35.6. The fraction of sp³-hybridized carbons (Fsp3) is 0.0164. The van der Waals surface area contributed by atoms with Gasteiger partial charge in [-0.25, -0.2) is 0 Å². The smallest absolute Gasteiger partial charge is 0.159 e. The summed E-state index contributed by atoms with van der Waals surface area (Å²) >= 11 is 1.89. The number of hydrogen-bond donors (Lipinski definition) is 0. The highest BCUT2D eigenvalue weighted by Gasteiger charge is 2.50. The summed E-state index contributed by atoms with van der Waals surface area (Å²) in [6.45, 7) is 0. The van der Waals surface area contributed by atoms with Gasteiger partial charge in [-0.3, -0.25) is 0 Å². The highest BCUT2D eigenvalue weighted by Crippen LogP contribution is 2.64. The molecule has 2 aliphatic rings. The number of hydrogen-bond acceptors (Lipinski definition) is 3. The van der Waals surface area contributed by atoms with Crippen LogP contribution in [0.3, 0.4) is 0 Å². The number of benzene rings is 10. The minimum atomic E-state index is -0.604. The van der Waals surface area contributed by atoms with Crippen LogP contribution in [0.15, 0.2) is 229 Å². The van der Waals surface area contributed by atoms with Crippen LogP contribution >= 0.6 is 11.3 Å². The molecule has 0 N–H and O–H groups in total. The first-order valence-electron chi connectivity index (χ1n) is 22.0. The van der Waals surface area contributed by atoms with Crippen LogP contribution in [-0.4, -0.2) is 0 Å². The highest BCUT2D eigenvalue weighted by molar-refractivity contribution is 7.26. The first-order chi connectivity index (χ1) is 31.8. The third-order valence-electron chi connectivity index (χ3n) is 13.9. The van der Waals surface area contributed by atoms with Crippen molar-refractivity contribution in [2.24, 2.45) is 0 Å².